The first-order valence-corrected chi connectivity index (χ1v) is 10.3. The number of aliphatic hydroxyl groups is 2. The lowest BCUT2D eigenvalue weighted by atomic mass is 9.94. The van der Waals surface area contributed by atoms with Gasteiger partial charge in [0.1, 0.15) is 17.3 Å². The van der Waals surface area contributed by atoms with Crippen molar-refractivity contribution in [1.82, 2.24) is 4.90 Å². The van der Waals surface area contributed by atoms with Crippen LogP contribution in [0.3, 0.4) is 0 Å². The first-order valence-electron chi connectivity index (χ1n) is 10.3. The molecule has 1 unspecified atom stereocenters. The van der Waals surface area contributed by atoms with E-state index in [2.05, 4.69) is 0 Å². The predicted octanol–water partition coefficient (Wildman–Crippen LogP) is 2.04. The van der Waals surface area contributed by atoms with Gasteiger partial charge in [-0.3, -0.25) is 19.7 Å². The molecule has 0 aromatic heterocycles. The fraction of sp³-hybridized carbons (Fsp3) is 0.304. The standard InChI is InChI=1S/C23H24N2O9/c1-32-16-7-8-17(18(13-16)33-2)20-19(21(27)14-3-5-15(6-4-14)25(30)31)22(28)23(29)24(20)9-11-34-12-10-26/h3-8,13,20,26-27H,9-12H2,1-2H3. The lowest BCUT2D eigenvalue weighted by Crippen LogP contribution is -2.33. The minimum Gasteiger partial charge on any atom is -0.507 e. The lowest BCUT2D eigenvalue weighted by Gasteiger charge is -2.26. The number of hydrogen-bond donors (Lipinski definition) is 2. The molecule has 2 aromatic carbocycles. The number of rotatable bonds is 10. The maximum absolute atomic E-state index is 13.0. The number of ether oxygens (including phenoxy) is 3. The second-order valence-electron chi connectivity index (χ2n) is 7.24. The van der Waals surface area contributed by atoms with Gasteiger partial charge in [-0.1, -0.05) is 0 Å². The largest absolute Gasteiger partial charge is 0.507 e. The maximum atomic E-state index is 13.0. The smallest absolute Gasteiger partial charge is 0.295 e. The van der Waals surface area contributed by atoms with Crippen LogP contribution in [-0.2, 0) is 14.3 Å². The molecule has 1 amide bonds. The average molecular weight is 472 g/mol. The summed E-state index contributed by atoms with van der Waals surface area (Å²) in [4.78, 5) is 37.6. The SMILES string of the molecule is COc1ccc(C2C(=C(O)c3ccc([N+](=O)[O-])cc3)C(=O)C(=O)N2CCOCCO)c(OC)c1. The highest BCUT2D eigenvalue weighted by molar-refractivity contribution is 6.46. The van der Waals surface area contributed by atoms with Crippen molar-refractivity contribution in [3.63, 3.8) is 0 Å². The van der Waals surface area contributed by atoms with Gasteiger partial charge in [0.25, 0.3) is 17.4 Å². The summed E-state index contributed by atoms with van der Waals surface area (Å²) in [5.41, 5.74) is 0.182. The molecule has 0 aliphatic carbocycles. The van der Waals surface area contributed by atoms with Crippen LogP contribution in [0.15, 0.2) is 48.0 Å². The zero-order valence-corrected chi connectivity index (χ0v) is 18.6. The molecule has 1 heterocycles. The highest BCUT2D eigenvalue weighted by Crippen LogP contribution is 2.43. The molecule has 1 atom stereocenters. The van der Waals surface area contributed by atoms with Crippen LogP contribution in [0.5, 0.6) is 11.5 Å². The van der Waals surface area contributed by atoms with Crippen molar-refractivity contribution in [2.75, 3.05) is 40.6 Å². The molecular weight excluding hydrogens is 448 g/mol. The summed E-state index contributed by atoms with van der Waals surface area (Å²) in [6.07, 6.45) is 0. The fourth-order valence-corrected chi connectivity index (χ4v) is 3.70. The number of methoxy groups -OCH3 is 2. The zero-order chi connectivity index (χ0) is 24.8. The average Bonchev–Trinajstić information content (AvgIpc) is 3.10. The summed E-state index contributed by atoms with van der Waals surface area (Å²) in [6.45, 7) is -0.0977. The first-order chi connectivity index (χ1) is 16.3. The van der Waals surface area contributed by atoms with E-state index in [4.69, 9.17) is 19.3 Å². The first kappa shape index (κ1) is 24.7. The van der Waals surface area contributed by atoms with Crippen molar-refractivity contribution in [2.45, 2.75) is 6.04 Å². The van der Waals surface area contributed by atoms with Gasteiger partial charge in [0.2, 0.25) is 0 Å². The topological polar surface area (TPSA) is 149 Å². The van der Waals surface area contributed by atoms with Crippen LogP contribution >= 0.6 is 0 Å². The molecule has 11 nitrogen and oxygen atoms in total. The van der Waals surface area contributed by atoms with Gasteiger partial charge in [0, 0.05) is 35.9 Å². The molecule has 0 radical (unpaired) electrons. The molecule has 0 spiro atoms. The molecule has 1 saturated heterocycles. The highest BCUT2D eigenvalue weighted by atomic mass is 16.6. The molecule has 2 N–H and O–H groups in total. The number of Topliss-reactive ketones (excluding diaryl/α,β-unsaturated/α-hetero) is 1. The van der Waals surface area contributed by atoms with E-state index in [0.29, 0.717) is 17.1 Å². The summed E-state index contributed by atoms with van der Waals surface area (Å²) < 4.78 is 16.0. The summed E-state index contributed by atoms with van der Waals surface area (Å²) in [6, 6.07) is 8.80. The Morgan fingerprint density at radius 2 is 1.79 bits per heavy atom. The number of nitro benzene ring substituents is 1. The van der Waals surface area contributed by atoms with Gasteiger partial charge in [-0.05, 0) is 24.3 Å². The van der Waals surface area contributed by atoms with Crippen LogP contribution in [-0.4, -0.2) is 72.3 Å². The van der Waals surface area contributed by atoms with Crippen LogP contribution in [0.1, 0.15) is 17.2 Å². The predicted molar refractivity (Wildman–Crippen MR) is 120 cm³/mol. The number of non-ortho nitro benzene ring substituents is 1. The third kappa shape index (κ3) is 4.85. The quantitative estimate of drug-likeness (QED) is 0.132. The Bertz CT molecular complexity index is 1110. The van der Waals surface area contributed by atoms with Gasteiger partial charge in [0.15, 0.2) is 0 Å². The molecule has 11 heteroatoms. The molecule has 34 heavy (non-hydrogen) atoms. The minimum atomic E-state index is -1.02. The van der Waals surface area contributed by atoms with E-state index < -0.39 is 28.4 Å². The molecule has 2 aromatic rings. The van der Waals surface area contributed by atoms with Crippen LogP contribution in [0.4, 0.5) is 5.69 Å². The number of ketones is 1. The van der Waals surface area contributed by atoms with Crippen LogP contribution in [0.2, 0.25) is 0 Å². The van der Waals surface area contributed by atoms with E-state index in [1.54, 1.807) is 18.2 Å². The van der Waals surface area contributed by atoms with Crippen molar-refractivity contribution in [2.24, 2.45) is 0 Å². The molecule has 0 saturated carbocycles. The molecule has 1 aliphatic heterocycles. The van der Waals surface area contributed by atoms with E-state index in [1.807, 2.05) is 0 Å². The Balaban J connectivity index is 2.14. The van der Waals surface area contributed by atoms with Crippen molar-refractivity contribution in [3.8, 4) is 11.5 Å². The van der Waals surface area contributed by atoms with Crippen molar-refractivity contribution in [3.05, 3.63) is 69.3 Å². The molecule has 3 rings (SSSR count). The number of nitro groups is 1. The maximum Gasteiger partial charge on any atom is 0.295 e. The molecular formula is C23H24N2O9. The van der Waals surface area contributed by atoms with Gasteiger partial charge in [0.05, 0.1) is 50.6 Å². The zero-order valence-electron chi connectivity index (χ0n) is 18.6. The number of benzene rings is 2. The van der Waals surface area contributed by atoms with E-state index >= 15 is 0 Å². The lowest BCUT2D eigenvalue weighted by molar-refractivity contribution is -0.384. The van der Waals surface area contributed by atoms with Crippen LogP contribution in [0, 0.1) is 10.1 Å². The number of likely N-dealkylation sites (tertiary alicyclic amines) is 1. The number of aliphatic hydroxyl groups excluding tert-OH is 2. The third-order valence-electron chi connectivity index (χ3n) is 5.34. The number of carbonyl (C=O) groups is 2. The van der Waals surface area contributed by atoms with Crippen LogP contribution in [0.25, 0.3) is 5.76 Å². The summed E-state index contributed by atoms with van der Waals surface area (Å²) in [5, 5.41) is 30.9. The molecule has 180 valence electrons. The number of amides is 1. The highest BCUT2D eigenvalue weighted by Gasteiger charge is 2.47. The van der Waals surface area contributed by atoms with Gasteiger partial charge >= 0.3 is 0 Å². The third-order valence-corrected chi connectivity index (χ3v) is 5.34. The van der Waals surface area contributed by atoms with E-state index in [-0.39, 0.29) is 43.2 Å². The number of carbonyl (C=O) groups excluding carboxylic acids is 2. The summed E-state index contributed by atoms with van der Waals surface area (Å²) in [5.74, 6) is -1.43. The number of nitrogens with zero attached hydrogens (tertiary/aromatic N) is 2. The molecule has 1 fully saturated rings. The number of hydrogen-bond acceptors (Lipinski definition) is 9. The minimum absolute atomic E-state index is 0.00145. The van der Waals surface area contributed by atoms with Gasteiger partial charge < -0.3 is 29.3 Å². The van der Waals surface area contributed by atoms with Gasteiger partial charge in [-0.2, -0.15) is 0 Å². The Labute approximate surface area is 194 Å². The van der Waals surface area contributed by atoms with Gasteiger partial charge in [-0.15, -0.1) is 0 Å². The Kier molecular flexibility index (Phi) is 7.82. The monoisotopic (exact) mass is 472 g/mol. The summed E-state index contributed by atoms with van der Waals surface area (Å²) >= 11 is 0. The van der Waals surface area contributed by atoms with Crippen molar-refractivity contribution >= 4 is 23.1 Å². The Morgan fingerprint density at radius 1 is 1.09 bits per heavy atom. The normalized spacial score (nSPS) is 17.1. The van der Waals surface area contributed by atoms with E-state index in [0.717, 1.165) is 0 Å². The van der Waals surface area contributed by atoms with Gasteiger partial charge in [-0.25, -0.2) is 0 Å². The Hall–Kier alpha value is -3.96. The molecule has 1 aliphatic rings. The fourth-order valence-electron chi connectivity index (χ4n) is 3.70. The second kappa shape index (κ2) is 10.8. The van der Waals surface area contributed by atoms with Crippen molar-refractivity contribution < 1.29 is 38.9 Å². The summed E-state index contributed by atoms with van der Waals surface area (Å²) in [7, 11) is 2.90. The van der Waals surface area contributed by atoms with Crippen molar-refractivity contribution in [1.29, 1.82) is 0 Å². The van der Waals surface area contributed by atoms with E-state index in [9.17, 15) is 24.8 Å². The van der Waals surface area contributed by atoms with Crippen LogP contribution < -0.4 is 9.47 Å². The molecule has 0 bridgehead atoms. The Morgan fingerprint density at radius 3 is 2.38 bits per heavy atom. The van der Waals surface area contributed by atoms with E-state index in [1.165, 1.54) is 43.4 Å². The second-order valence-corrected chi connectivity index (χ2v) is 7.24.